The number of likely N-dealkylation sites (N-methyl/N-ethyl adjacent to an activating group) is 1. The van der Waals surface area contributed by atoms with Crippen LogP contribution in [0, 0.1) is 0 Å². The third kappa shape index (κ3) is 4.25. The van der Waals surface area contributed by atoms with E-state index in [9.17, 15) is 9.59 Å². The average Bonchev–Trinajstić information content (AvgIpc) is 2.98. The van der Waals surface area contributed by atoms with Crippen molar-refractivity contribution < 1.29 is 14.3 Å². The van der Waals surface area contributed by atoms with E-state index >= 15 is 0 Å². The Kier molecular flexibility index (Phi) is 5.90. The molecule has 2 heterocycles. The molecule has 0 aliphatic carbocycles. The van der Waals surface area contributed by atoms with Crippen molar-refractivity contribution >= 4 is 16.8 Å². The topological polar surface area (TPSA) is 85.7 Å². The third-order valence-corrected chi connectivity index (χ3v) is 5.62. The number of ether oxygens (including phenoxy) is 2. The Morgan fingerprint density at radius 1 is 1.06 bits per heavy atom. The lowest BCUT2D eigenvalue weighted by Gasteiger charge is -2.12. The number of benzene rings is 2. The first-order valence-corrected chi connectivity index (χ1v) is 10.2. The van der Waals surface area contributed by atoms with E-state index in [1.54, 1.807) is 43.1 Å². The largest absolute Gasteiger partial charge is 0.493 e. The van der Waals surface area contributed by atoms with Crippen molar-refractivity contribution in [3.05, 3.63) is 63.7 Å². The van der Waals surface area contributed by atoms with E-state index in [1.807, 2.05) is 19.2 Å². The van der Waals surface area contributed by atoms with E-state index in [0.29, 0.717) is 47.5 Å². The number of aromatic nitrogens is 2. The van der Waals surface area contributed by atoms with Gasteiger partial charge in [-0.3, -0.25) is 14.2 Å². The predicted molar refractivity (Wildman–Crippen MR) is 118 cm³/mol. The number of fused-ring (bicyclic) bond motifs is 2. The zero-order valence-corrected chi connectivity index (χ0v) is 18.0. The molecule has 1 N–H and O–H groups in total. The molecular formula is C23H26N4O4. The number of hydrogen-bond acceptors (Lipinski definition) is 6. The molecule has 1 aromatic heterocycles. The van der Waals surface area contributed by atoms with Gasteiger partial charge in [0.2, 0.25) is 0 Å². The minimum atomic E-state index is -0.228. The molecule has 0 unspecified atom stereocenters. The number of nitrogens with one attached hydrogen (secondary N) is 1. The van der Waals surface area contributed by atoms with Gasteiger partial charge in [-0.25, -0.2) is 4.98 Å². The lowest BCUT2D eigenvalue weighted by atomic mass is 10.1. The van der Waals surface area contributed by atoms with Crippen LogP contribution < -0.4 is 20.3 Å². The SMILES string of the molecule is COc1ccc(CNC(=O)c2ccc3c(=O)n4c(nc3c2)CCN(C)CC4)cc1OC. The van der Waals surface area contributed by atoms with Gasteiger partial charge in [0.25, 0.3) is 11.5 Å². The molecule has 2 aromatic carbocycles. The van der Waals surface area contributed by atoms with Crippen molar-refractivity contribution in [2.75, 3.05) is 34.4 Å². The molecule has 162 valence electrons. The van der Waals surface area contributed by atoms with Crippen LogP contribution in [-0.2, 0) is 19.5 Å². The fraction of sp³-hybridized carbons (Fsp3) is 0.348. The monoisotopic (exact) mass is 422 g/mol. The Morgan fingerprint density at radius 2 is 1.87 bits per heavy atom. The number of carbonyl (C=O) groups is 1. The summed E-state index contributed by atoms with van der Waals surface area (Å²) < 4.78 is 12.3. The van der Waals surface area contributed by atoms with Gasteiger partial charge in [0.05, 0.1) is 25.1 Å². The summed E-state index contributed by atoms with van der Waals surface area (Å²) in [5.74, 6) is 1.78. The van der Waals surface area contributed by atoms with Gasteiger partial charge in [0.15, 0.2) is 11.5 Å². The van der Waals surface area contributed by atoms with Crippen LogP contribution in [-0.4, -0.2) is 54.7 Å². The summed E-state index contributed by atoms with van der Waals surface area (Å²) >= 11 is 0. The molecule has 0 saturated carbocycles. The molecule has 1 amide bonds. The first-order chi connectivity index (χ1) is 15.0. The van der Waals surface area contributed by atoms with Gasteiger partial charge >= 0.3 is 0 Å². The Balaban J connectivity index is 1.56. The van der Waals surface area contributed by atoms with Crippen molar-refractivity contribution in [2.24, 2.45) is 0 Å². The van der Waals surface area contributed by atoms with Gasteiger partial charge < -0.3 is 19.7 Å². The second kappa shape index (κ2) is 8.77. The molecule has 0 atom stereocenters. The molecule has 1 aliphatic rings. The molecular weight excluding hydrogens is 396 g/mol. The Bertz CT molecular complexity index is 1190. The van der Waals surface area contributed by atoms with Crippen LogP contribution in [0.1, 0.15) is 21.7 Å². The van der Waals surface area contributed by atoms with E-state index in [-0.39, 0.29) is 11.5 Å². The van der Waals surface area contributed by atoms with Crippen LogP contribution in [0.5, 0.6) is 11.5 Å². The predicted octanol–water partition coefficient (Wildman–Crippen LogP) is 1.83. The van der Waals surface area contributed by atoms with Crippen LogP contribution in [0.3, 0.4) is 0 Å². The van der Waals surface area contributed by atoms with Crippen LogP contribution in [0.2, 0.25) is 0 Å². The summed E-state index contributed by atoms with van der Waals surface area (Å²) in [4.78, 5) is 32.5. The number of hydrogen-bond donors (Lipinski definition) is 1. The fourth-order valence-corrected chi connectivity index (χ4v) is 3.78. The lowest BCUT2D eigenvalue weighted by Crippen LogP contribution is -2.27. The highest BCUT2D eigenvalue weighted by Crippen LogP contribution is 2.27. The first kappa shape index (κ1) is 20.9. The molecule has 0 saturated heterocycles. The summed E-state index contributed by atoms with van der Waals surface area (Å²) in [7, 11) is 5.19. The molecule has 1 aliphatic heterocycles. The first-order valence-electron chi connectivity index (χ1n) is 10.2. The van der Waals surface area contributed by atoms with E-state index in [0.717, 1.165) is 24.5 Å². The lowest BCUT2D eigenvalue weighted by molar-refractivity contribution is 0.0951. The summed E-state index contributed by atoms with van der Waals surface area (Å²) in [5.41, 5.74) is 1.86. The van der Waals surface area contributed by atoms with Gasteiger partial charge in [-0.15, -0.1) is 0 Å². The molecule has 3 aromatic rings. The van der Waals surface area contributed by atoms with E-state index in [4.69, 9.17) is 14.5 Å². The molecule has 0 bridgehead atoms. The molecule has 4 rings (SSSR count). The third-order valence-electron chi connectivity index (χ3n) is 5.62. The highest BCUT2D eigenvalue weighted by atomic mass is 16.5. The average molecular weight is 422 g/mol. The van der Waals surface area contributed by atoms with Gasteiger partial charge in [0.1, 0.15) is 5.82 Å². The number of methoxy groups -OCH3 is 2. The van der Waals surface area contributed by atoms with Crippen molar-refractivity contribution in [1.29, 1.82) is 0 Å². The second-order valence-corrected chi connectivity index (χ2v) is 7.64. The van der Waals surface area contributed by atoms with Crippen molar-refractivity contribution in [2.45, 2.75) is 19.5 Å². The smallest absolute Gasteiger partial charge is 0.261 e. The van der Waals surface area contributed by atoms with Gasteiger partial charge in [-0.2, -0.15) is 0 Å². The highest BCUT2D eigenvalue weighted by Gasteiger charge is 2.17. The molecule has 0 fully saturated rings. The molecule has 0 radical (unpaired) electrons. The Hall–Kier alpha value is -3.39. The number of carbonyl (C=O) groups excluding carboxylic acids is 1. The van der Waals surface area contributed by atoms with Crippen LogP contribution in [0.25, 0.3) is 10.9 Å². The standard InChI is InChI=1S/C23H26N4O4/c1-26-9-8-21-25-18-13-16(5-6-17(18)23(29)27(21)11-10-26)22(28)24-14-15-4-7-19(30-2)20(12-15)31-3/h4-7,12-13H,8-11,14H2,1-3H3,(H,24,28). The molecule has 31 heavy (non-hydrogen) atoms. The summed E-state index contributed by atoms with van der Waals surface area (Å²) in [6, 6.07) is 10.6. The van der Waals surface area contributed by atoms with E-state index in [2.05, 4.69) is 10.2 Å². The van der Waals surface area contributed by atoms with Crippen LogP contribution in [0.15, 0.2) is 41.2 Å². The summed E-state index contributed by atoms with van der Waals surface area (Å²) in [6.45, 7) is 2.63. The van der Waals surface area contributed by atoms with Crippen LogP contribution >= 0.6 is 0 Å². The number of amides is 1. The van der Waals surface area contributed by atoms with Gasteiger partial charge in [0, 0.05) is 38.2 Å². The van der Waals surface area contributed by atoms with Crippen molar-refractivity contribution in [3.63, 3.8) is 0 Å². The van der Waals surface area contributed by atoms with Crippen molar-refractivity contribution in [3.8, 4) is 11.5 Å². The number of nitrogens with zero attached hydrogens (tertiary/aromatic N) is 3. The minimum Gasteiger partial charge on any atom is -0.493 e. The molecule has 0 spiro atoms. The quantitative estimate of drug-likeness (QED) is 0.675. The van der Waals surface area contributed by atoms with E-state index < -0.39 is 0 Å². The maximum atomic E-state index is 12.9. The van der Waals surface area contributed by atoms with Gasteiger partial charge in [-0.1, -0.05) is 6.07 Å². The van der Waals surface area contributed by atoms with Crippen LogP contribution in [0.4, 0.5) is 0 Å². The number of rotatable bonds is 5. The Morgan fingerprint density at radius 3 is 2.65 bits per heavy atom. The fourth-order valence-electron chi connectivity index (χ4n) is 3.78. The zero-order valence-electron chi connectivity index (χ0n) is 18.0. The second-order valence-electron chi connectivity index (χ2n) is 7.64. The van der Waals surface area contributed by atoms with Crippen molar-refractivity contribution in [1.82, 2.24) is 19.8 Å². The maximum absolute atomic E-state index is 12.9. The summed E-state index contributed by atoms with van der Waals surface area (Å²) in [5, 5.41) is 3.44. The minimum absolute atomic E-state index is 0.0485. The normalized spacial score (nSPS) is 14.0. The molecule has 8 nitrogen and oxygen atoms in total. The molecule has 8 heteroatoms. The van der Waals surface area contributed by atoms with E-state index in [1.165, 1.54) is 0 Å². The highest BCUT2D eigenvalue weighted by molar-refractivity contribution is 5.97. The maximum Gasteiger partial charge on any atom is 0.261 e. The van der Waals surface area contributed by atoms with Gasteiger partial charge in [-0.05, 0) is 42.9 Å². The Labute approximate surface area is 180 Å². The zero-order chi connectivity index (χ0) is 22.0. The summed E-state index contributed by atoms with van der Waals surface area (Å²) in [6.07, 6.45) is 0.706.